The van der Waals surface area contributed by atoms with Crippen LogP contribution >= 0.6 is 12.2 Å². The molecule has 17 heavy (non-hydrogen) atoms. The van der Waals surface area contributed by atoms with Crippen LogP contribution in [0.15, 0.2) is 18.2 Å². The molecule has 0 aliphatic rings. The molecule has 92 valence electrons. The molecule has 1 aromatic carbocycles. The average Bonchev–Trinajstić information content (AvgIpc) is 2.28. The first kappa shape index (κ1) is 13.4. The zero-order valence-electron chi connectivity index (χ0n) is 9.23. The maximum atomic E-state index is 13.4. The van der Waals surface area contributed by atoms with Crippen molar-refractivity contribution in [1.29, 1.82) is 0 Å². The average molecular weight is 257 g/mol. The van der Waals surface area contributed by atoms with Crippen LogP contribution < -0.4 is 10.5 Å². The molecular formula is C11H12FNO3S. The molecule has 0 heterocycles. The Hall–Kier alpha value is -1.69. The molecule has 4 nitrogen and oxygen atoms in total. The van der Waals surface area contributed by atoms with Gasteiger partial charge in [-0.15, -0.1) is 0 Å². The van der Waals surface area contributed by atoms with Crippen molar-refractivity contribution in [2.75, 3.05) is 13.7 Å². The number of thiocarbonyl (C=S) groups is 1. The van der Waals surface area contributed by atoms with E-state index in [1.165, 1.54) is 25.3 Å². The quantitative estimate of drug-likeness (QED) is 0.638. The van der Waals surface area contributed by atoms with Crippen LogP contribution in [0.5, 0.6) is 5.75 Å². The van der Waals surface area contributed by atoms with Crippen LogP contribution in [-0.4, -0.2) is 24.7 Å². The molecule has 0 atom stereocenters. The Balaban J connectivity index is 2.74. The maximum Gasteiger partial charge on any atom is 0.308 e. The van der Waals surface area contributed by atoms with Crippen molar-refractivity contribution < 1.29 is 18.7 Å². The molecule has 6 heteroatoms. The van der Waals surface area contributed by atoms with Gasteiger partial charge in [0.1, 0.15) is 16.6 Å². The lowest BCUT2D eigenvalue weighted by molar-refractivity contribution is -0.141. The predicted octanol–water partition coefficient (Wildman–Crippen LogP) is 1.40. The van der Waals surface area contributed by atoms with E-state index in [1.807, 2.05) is 0 Å². The molecule has 0 saturated heterocycles. The normalized spacial score (nSPS) is 9.76. The minimum atomic E-state index is -0.548. The fraction of sp³-hybridized carbons (Fsp3) is 0.273. The second kappa shape index (κ2) is 6.15. The van der Waals surface area contributed by atoms with Crippen LogP contribution in [-0.2, 0) is 9.53 Å². The highest BCUT2D eigenvalue weighted by atomic mass is 32.1. The highest BCUT2D eigenvalue weighted by molar-refractivity contribution is 7.80. The Kier molecular flexibility index (Phi) is 4.84. The van der Waals surface area contributed by atoms with Crippen LogP contribution in [0, 0.1) is 5.82 Å². The van der Waals surface area contributed by atoms with Crippen LogP contribution in [0.4, 0.5) is 4.39 Å². The van der Waals surface area contributed by atoms with Crippen molar-refractivity contribution in [2.45, 2.75) is 6.42 Å². The zero-order chi connectivity index (χ0) is 12.8. The number of carbonyl (C=O) groups excluding carboxylic acids is 1. The van der Waals surface area contributed by atoms with Gasteiger partial charge in [0.25, 0.3) is 0 Å². The second-order valence-corrected chi connectivity index (χ2v) is 3.59. The number of nitrogens with two attached hydrogens (primary N) is 1. The zero-order valence-corrected chi connectivity index (χ0v) is 10.1. The first-order chi connectivity index (χ1) is 8.06. The summed E-state index contributed by atoms with van der Waals surface area (Å²) in [4.78, 5) is 10.8. The van der Waals surface area contributed by atoms with E-state index in [0.717, 1.165) is 0 Å². The van der Waals surface area contributed by atoms with Gasteiger partial charge in [0.2, 0.25) is 0 Å². The van der Waals surface area contributed by atoms with Crippen LogP contribution in [0.3, 0.4) is 0 Å². The van der Waals surface area contributed by atoms with Crippen molar-refractivity contribution in [1.82, 2.24) is 0 Å². The summed E-state index contributed by atoms with van der Waals surface area (Å²) in [6, 6.07) is 4.25. The number of benzene rings is 1. The molecule has 0 fully saturated rings. The van der Waals surface area contributed by atoms with Gasteiger partial charge in [-0.2, -0.15) is 0 Å². The third-order valence-electron chi connectivity index (χ3n) is 2.01. The van der Waals surface area contributed by atoms with Crippen molar-refractivity contribution in [3.05, 3.63) is 29.6 Å². The van der Waals surface area contributed by atoms with Crippen LogP contribution in [0.2, 0.25) is 0 Å². The summed E-state index contributed by atoms with van der Waals surface area (Å²) in [5.41, 5.74) is 5.44. The largest absolute Gasteiger partial charge is 0.492 e. The Bertz CT molecular complexity index is 437. The van der Waals surface area contributed by atoms with E-state index in [-0.39, 0.29) is 29.3 Å². The van der Waals surface area contributed by atoms with E-state index in [4.69, 9.17) is 22.7 Å². The van der Waals surface area contributed by atoms with Gasteiger partial charge in [-0.05, 0) is 12.1 Å². The number of hydrogen-bond acceptors (Lipinski definition) is 4. The molecule has 0 saturated carbocycles. The fourth-order valence-electron chi connectivity index (χ4n) is 1.21. The third-order valence-corrected chi connectivity index (χ3v) is 2.22. The summed E-state index contributed by atoms with van der Waals surface area (Å²) < 4.78 is 23.1. The number of hydrogen-bond donors (Lipinski definition) is 1. The first-order valence-corrected chi connectivity index (χ1v) is 5.25. The number of methoxy groups -OCH3 is 1. The lowest BCUT2D eigenvalue weighted by Gasteiger charge is -2.10. The van der Waals surface area contributed by atoms with Gasteiger partial charge in [-0.1, -0.05) is 18.3 Å². The van der Waals surface area contributed by atoms with E-state index in [2.05, 4.69) is 4.74 Å². The van der Waals surface area contributed by atoms with E-state index < -0.39 is 11.8 Å². The SMILES string of the molecule is COC(=O)CCOc1cccc(F)c1C(N)=S. The standard InChI is InChI=1S/C11H12FNO3S/c1-15-9(14)5-6-16-8-4-2-3-7(12)10(8)11(13)17/h2-4H,5-6H2,1H3,(H2,13,17). The number of rotatable bonds is 5. The molecule has 0 amide bonds. The van der Waals surface area contributed by atoms with E-state index in [1.54, 1.807) is 0 Å². The molecule has 0 aliphatic heterocycles. The highest BCUT2D eigenvalue weighted by Gasteiger charge is 2.12. The Morgan fingerprint density at radius 3 is 2.82 bits per heavy atom. The number of halogens is 1. The molecule has 0 bridgehead atoms. The van der Waals surface area contributed by atoms with Crippen molar-refractivity contribution >= 4 is 23.2 Å². The molecule has 2 N–H and O–H groups in total. The smallest absolute Gasteiger partial charge is 0.308 e. The minimum Gasteiger partial charge on any atom is -0.492 e. The lowest BCUT2D eigenvalue weighted by atomic mass is 10.2. The second-order valence-electron chi connectivity index (χ2n) is 3.15. The molecule has 0 unspecified atom stereocenters. The molecular weight excluding hydrogens is 245 g/mol. The predicted molar refractivity (Wildman–Crippen MR) is 64.4 cm³/mol. The summed E-state index contributed by atoms with van der Waals surface area (Å²) in [5, 5.41) is 0. The fourth-order valence-corrected chi connectivity index (χ4v) is 1.41. The van der Waals surface area contributed by atoms with Crippen molar-refractivity contribution in [2.24, 2.45) is 5.73 Å². The topological polar surface area (TPSA) is 61.5 Å². The summed E-state index contributed by atoms with van der Waals surface area (Å²) in [6.45, 7) is 0.0751. The van der Waals surface area contributed by atoms with E-state index >= 15 is 0 Å². The Labute approximate surface area is 104 Å². The number of ether oxygens (including phenoxy) is 2. The van der Waals surface area contributed by atoms with Crippen LogP contribution in [0.25, 0.3) is 0 Å². The van der Waals surface area contributed by atoms with Gasteiger partial charge < -0.3 is 15.2 Å². The summed E-state index contributed by atoms with van der Waals surface area (Å²) in [6.07, 6.45) is 0.0732. The molecule has 0 aromatic heterocycles. The maximum absolute atomic E-state index is 13.4. The molecule has 0 radical (unpaired) electrons. The number of esters is 1. The first-order valence-electron chi connectivity index (χ1n) is 4.84. The summed E-state index contributed by atoms with van der Waals surface area (Å²) >= 11 is 4.73. The summed E-state index contributed by atoms with van der Waals surface area (Å²) in [5.74, 6) is -0.729. The number of carbonyl (C=O) groups is 1. The Morgan fingerprint density at radius 2 is 2.24 bits per heavy atom. The van der Waals surface area contributed by atoms with Gasteiger partial charge >= 0.3 is 5.97 Å². The van der Waals surface area contributed by atoms with E-state index in [0.29, 0.717) is 0 Å². The van der Waals surface area contributed by atoms with Gasteiger partial charge in [0, 0.05) is 0 Å². The van der Waals surface area contributed by atoms with Gasteiger partial charge in [0.15, 0.2) is 0 Å². The molecule has 1 aromatic rings. The lowest BCUT2D eigenvalue weighted by Crippen LogP contribution is -2.15. The minimum absolute atomic E-state index is 0.0485. The highest BCUT2D eigenvalue weighted by Crippen LogP contribution is 2.21. The van der Waals surface area contributed by atoms with E-state index in [9.17, 15) is 9.18 Å². The summed E-state index contributed by atoms with van der Waals surface area (Å²) in [7, 11) is 1.28. The Morgan fingerprint density at radius 1 is 1.53 bits per heavy atom. The third kappa shape index (κ3) is 3.67. The molecule has 0 spiro atoms. The van der Waals surface area contributed by atoms with Gasteiger partial charge in [0.05, 0.1) is 25.7 Å². The monoisotopic (exact) mass is 257 g/mol. The van der Waals surface area contributed by atoms with Gasteiger partial charge in [-0.25, -0.2) is 4.39 Å². The van der Waals surface area contributed by atoms with Crippen molar-refractivity contribution in [3.63, 3.8) is 0 Å². The van der Waals surface area contributed by atoms with Crippen LogP contribution in [0.1, 0.15) is 12.0 Å². The van der Waals surface area contributed by atoms with Crippen molar-refractivity contribution in [3.8, 4) is 5.75 Å². The molecule has 0 aliphatic carbocycles. The molecule has 1 rings (SSSR count). The van der Waals surface area contributed by atoms with Gasteiger partial charge in [-0.3, -0.25) is 4.79 Å².